The summed E-state index contributed by atoms with van der Waals surface area (Å²) in [6, 6.07) is 1.09. The van der Waals surface area contributed by atoms with Gasteiger partial charge in [-0.25, -0.2) is 4.79 Å². The van der Waals surface area contributed by atoms with Crippen LogP contribution in [-0.4, -0.2) is 82.3 Å². The molecule has 0 spiro atoms. The van der Waals surface area contributed by atoms with E-state index in [1.54, 1.807) is 0 Å². The van der Waals surface area contributed by atoms with E-state index in [1.165, 1.54) is 24.3 Å². The van der Waals surface area contributed by atoms with Gasteiger partial charge in [0.05, 0.1) is 12.6 Å². The molecule has 0 fully saturated rings. The van der Waals surface area contributed by atoms with E-state index in [0.29, 0.717) is 18.5 Å². The first-order chi connectivity index (χ1) is 17.8. The Morgan fingerprint density at radius 1 is 0.921 bits per heavy atom. The highest BCUT2D eigenvalue weighted by atomic mass is 16.4. The van der Waals surface area contributed by atoms with Crippen molar-refractivity contribution in [1.29, 1.82) is 0 Å². The van der Waals surface area contributed by atoms with E-state index in [9.17, 15) is 34.5 Å². The predicted molar refractivity (Wildman–Crippen MR) is 140 cm³/mol. The summed E-state index contributed by atoms with van der Waals surface area (Å²) >= 11 is 0. The molecule has 0 heterocycles. The molecule has 1 aromatic rings. The van der Waals surface area contributed by atoms with Crippen molar-refractivity contribution in [1.82, 2.24) is 16.0 Å². The number of carboxylic acids is 1. The quantitative estimate of drug-likeness (QED) is 0.0630. The molecule has 0 aliphatic carbocycles. The molecule has 4 atom stereocenters. The lowest BCUT2D eigenvalue weighted by atomic mass is 10.00. The van der Waals surface area contributed by atoms with Crippen LogP contribution in [0, 0.1) is 5.92 Å². The van der Waals surface area contributed by atoms with Crippen molar-refractivity contribution >= 4 is 29.7 Å². The van der Waals surface area contributed by atoms with Crippen LogP contribution >= 0.6 is 0 Å². The summed E-state index contributed by atoms with van der Waals surface area (Å²) in [7, 11) is 0. The number of guanidine groups is 1. The minimum absolute atomic E-state index is 0.000596. The number of carboxylic acid groups (broad SMARTS) is 1. The third-order valence-corrected chi connectivity index (χ3v) is 5.45. The third-order valence-electron chi connectivity index (χ3n) is 5.45. The van der Waals surface area contributed by atoms with E-state index < -0.39 is 54.5 Å². The minimum Gasteiger partial charge on any atom is -0.508 e. The van der Waals surface area contributed by atoms with E-state index in [-0.39, 0.29) is 36.9 Å². The molecule has 14 nitrogen and oxygen atoms in total. The SMILES string of the molecule is CC(C)CC(NC(=O)C(N)CCCN=C(N)N)C(=O)NC(Cc1ccc(O)cc1)C(=O)NC(CO)C(=O)O. The normalized spacial score (nSPS) is 14.0. The van der Waals surface area contributed by atoms with Gasteiger partial charge in [-0.1, -0.05) is 26.0 Å². The third kappa shape index (κ3) is 11.9. The van der Waals surface area contributed by atoms with Crippen LogP contribution in [-0.2, 0) is 25.6 Å². The van der Waals surface area contributed by atoms with Gasteiger partial charge in [0.1, 0.15) is 23.9 Å². The van der Waals surface area contributed by atoms with Gasteiger partial charge in [0.25, 0.3) is 0 Å². The number of aromatic hydroxyl groups is 1. The number of carbonyl (C=O) groups excluding carboxylic acids is 3. The Morgan fingerprint density at radius 3 is 2.00 bits per heavy atom. The van der Waals surface area contributed by atoms with E-state index in [2.05, 4.69) is 20.9 Å². The summed E-state index contributed by atoms with van der Waals surface area (Å²) in [4.78, 5) is 53.9. The molecule has 0 saturated carbocycles. The van der Waals surface area contributed by atoms with Crippen LogP contribution in [0.3, 0.4) is 0 Å². The fraction of sp³-hybridized carbons (Fsp3) is 0.542. The predicted octanol–water partition coefficient (Wildman–Crippen LogP) is -2.11. The number of aliphatic imine (C=N–C) groups is 1. The first-order valence-electron chi connectivity index (χ1n) is 12.2. The molecule has 0 radical (unpaired) electrons. The van der Waals surface area contributed by atoms with Crippen molar-refractivity contribution in [3.05, 3.63) is 29.8 Å². The summed E-state index contributed by atoms with van der Waals surface area (Å²) in [6.07, 6.45) is 0.892. The van der Waals surface area contributed by atoms with E-state index in [4.69, 9.17) is 17.2 Å². The molecule has 38 heavy (non-hydrogen) atoms. The van der Waals surface area contributed by atoms with Gasteiger partial charge in [-0.3, -0.25) is 19.4 Å². The Balaban J connectivity index is 3.03. The number of benzene rings is 1. The second-order valence-electron chi connectivity index (χ2n) is 9.26. The molecule has 212 valence electrons. The molecular weight excluding hydrogens is 498 g/mol. The Kier molecular flexibility index (Phi) is 13.6. The number of aliphatic carboxylic acids is 1. The molecule has 1 rings (SSSR count). The second-order valence-corrected chi connectivity index (χ2v) is 9.26. The van der Waals surface area contributed by atoms with Crippen molar-refractivity contribution in [3.63, 3.8) is 0 Å². The van der Waals surface area contributed by atoms with Gasteiger partial charge in [-0.05, 0) is 42.9 Å². The number of aliphatic hydroxyl groups excluding tert-OH is 1. The minimum atomic E-state index is -1.58. The number of nitrogens with two attached hydrogens (primary N) is 3. The highest BCUT2D eigenvalue weighted by Gasteiger charge is 2.30. The van der Waals surface area contributed by atoms with Gasteiger partial charge in [-0.15, -0.1) is 0 Å². The summed E-state index contributed by atoms with van der Waals surface area (Å²) in [6.45, 7) is 3.13. The van der Waals surface area contributed by atoms with Gasteiger partial charge in [0, 0.05) is 13.0 Å². The van der Waals surface area contributed by atoms with Crippen LogP contribution in [0.1, 0.15) is 38.7 Å². The van der Waals surface area contributed by atoms with Crippen LogP contribution in [0.2, 0.25) is 0 Å². The monoisotopic (exact) mass is 537 g/mol. The summed E-state index contributed by atoms with van der Waals surface area (Å²) < 4.78 is 0. The number of carbonyl (C=O) groups is 4. The summed E-state index contributed by atoms with van der Waals surface area (Å²) in [5, 5.41) is 35.4. The molecule has 12 N–H and O–H groups in total. The van der Waals surface area contributed by atoms with E-state index >= 15 is 0 Å². The van der Waals surface area contributed by atoms with Crippen LogP contribution in [0.4, 0.5) is 0 Å². The molecule has 3 amide bonds. The zero-order valence-electron chi connectivity index (χ0n) is 21.6. The smallest absolute Gasteiger partial charge is 0.328 e. The number of rotatable bonds is 16. The Bertz CT molecular complexity index is 965. The van der Waals surface area contributed by atoms with Crippen molar-refractivity contribution in [2.24, 2.45) is 28.1 Å². The van der Waals surface area contributed by atoms with Crippen LogP contribution in [0.15, 0.2) is 29.3 Å². The maximum atomic E-state index is 13.2. The first-order valence-corrected chi connectivity index (χ1v) is 12.2. The number of nitrogens with one attached hydrogen (secondary N) is 3. The number of phenolic OH excluding ortho intramolecular Hbond substituents is 1. The van der Waals surface area contributed by atoms with Crippen molar-refractivity contribution in [3.8, 4) is 5.75 Å². The Hall–Kier alpha value is -3.91. The van der Waals surface area contributed by atoms with Gasteiger partial charge in [-0.2, -0.15) is 0 Å². The molecule has 1 aromatic carbocycles. The molecule has 0 aliphatic heterocycles. The van der Waals surface area contributed by atoms with Crippen LogP contribution in [0.25, 0.3) is 0 Å². The lowest BCUT2D eigenvalue weighted by Gasteiger charge is -2.26. The Labute approximate surface area is 221 Å². The van der Waals surface area contributed by atoms with Gasteiger partial charge in [0.15, 0.2) is 5.96 Å². The molecule has 0 bridgehead atoms. The standard InChI is InChI=1S/C24H39N7O7/c1-13(2)10-17(29-20(34)16(25)4-3-9-28-24(26)27)21(35)30-18(11-14-5-7-15(33)8-6-14)22(36)31-19(12-32)23(37)38/h5-8,13,16-19,32-33H,3-4,9-12,25H2,1-2H3,(H,29,34)(H,30,35)(H,31,36)(H,37,38)(H4,26,27,28). The zero-order chi connectivity index (χ0) is 28.8. The molecule has 0 aromatic heterocycles. The topological polar surface area (TPSA) is 255 Å². The highest BCUT2D eigenvalue weighted by molar-refractivity contribution is 5.94. The van der Waals surface area contributed by atoms with Crippen molar-refractivity contribution in [2.75, 3.05) is 13.2 Å². The summed E-state index contributed by atoms with van der Waals surface area (Å²) in [5.41, 5.74) is 17.1. The number of hydrogen-bond donors (Lipinski definition) is 9. The molecule has 14 heteroatoms. The van der Waals surface area contributed by atoms with Crippen molar-refractivity contribution in [2.45, 2.75) is 63.7 Å². The lowest BCUT2D eigenvalue weighted by molar-refractivity contribution is -0.143. The average molecular weight is 538 g/mol. The molecule has 0 aliphatic rings. The first kappa shape index (κ1) is 32.1. The number of amides is 3. The van der Waals surface area contributed by atoms with E-state index in [0.717, 1.165) is 0 Å². The largest absolute Gasteiger partial charge is 0.508 e. The second kappa shape index (κ2) is 16.0. The van der Waals surface area contributed by atoms with Gasteiger partial charge < -0.3 is 48.5 Å². The zero-order valence-corrected chi connectivity index (χ0v) is 21.6. The number of nitrogens with zero attached hydrogens (tertiary/aromatic N) is 1. The van der Waals surface area contributed by atoms with Crippen LogP contribution < -0.4 is 33.2 Å². The fourth-order valence-electron chi connectivity index (χ4n) is 3.44. The molecule has 0 saturated heterocycles. The van der Waals surface area contributed by atoms with E-state index in [1.807, 2.05) is 13.8 Å². The number of aliphatic hydroxyl groups is 1. The summed E-state index contributed by atoms with van der Waals surface area (Å²) in [5.74, 6) is -3.63. The highest BCUT2D eigenvalue weighted by Crippen LogP contribution is 2.13. The molecular formula is C24H39N7O7. The maximum Gasteiger partial charge on any atom is 0.328 e. The van der Waals surface area contributed by atoms with Gasteiger partial charge >= 0.3 is 5.97 Å². The van der Waals surface area contributed by atoms with Crippen molar-refractivity contribution < 1.29 is 34.5 Å². The lowest BCUT2D eigenvalue weighted by Crippen LogP contribution is -2.58. The molecule has 4 unspecified atom stereocenters. The van der Waals surface area contributed by atoms with Gasteiger partial charge in [0.2, 0.25) is 17.7 Å². The number of phenols is 1. The maximum absolute atomic E-state index is 13.2. The fourth-order valence-corrected chi connectivity index (χ4v) is 3.44. The van der Waals surface area contributed by atoms with Crippen LogP contribution in [0.5, 0.6) is 5.75 Å². The Morgan fingerprint density at radius 2 is 1.47 bits per heavy atom. The number of hydrogen-bond acceptors (Lipinski definition) is 8. The average Bonchev–Trinajstić information content (AvgIpc) is 2.84.